The molecule has 0 radical (unpaired) electrons. The molecular formula is C21H31N3O3. The van der Waals surface area contributed by atoms with Crippen LogP contribution < -0.4 is 15.4 Å². The molecule has 2 N–H and O–H groups in total. The number of hydrogen-bond acceptors (Lipinski definition) is 4. The zero-order valence-electron chi connectivity index (χ0n) is 16.5. The summed E-state index contributed by atoms with van der Waals surface area (Å²) in [7, 11) is 0. The first-order valence-electron chi connectivity index (χ1n) is 10.1. The van der Waals surface area contributed by atoms with E-state index in [2.05, 4.69) is 10.6 Å². The van der Waals surface area contributed by atoms with Crippen molar-refractivity contribution in [1.29, 1.82) is 0 Å². The monoisotopic (exact) mass is 373 g/mol. The predicted molar refractivity (Wildman–Crippen MR) is 105 cm³/mol. The Hall–Kier alpha value is -2.08. The lowest BCUT2D eigenvalue weighted by atomic mass is 10.0. The molecule has 27 heavy (non-hydrogen) atoms. The Balaban J connectivity index is 1.65. The van der Waals surface area contributed by atoms with Crippen LogP contribution in [0.1, 0.15) is 50.4 Å². The molecule has 2 heterocycles. The number of amides is 2. The highest BCUT2D eigenvalue weighted by atomic mass is 16.5. The van der Waals surface area contributed by atoms with Crippen molar-refractivity contribution in [3.05, 3.63) is 29.8 Å². The Kier molecular flexibility index (Phi) is 6.37. The molecule has 0 saturated carbocycles. The van der Waals surface area contributed by atoms with Crippen LogP contribution >= 0.6 is 0 Å². The van der Waals surface area contributed by atoms with Crippen molar-refractivity contribution in [3.63, 3.8) is 0 Å². The van der Waals surface area contributed by atoms with E-state index in [4.69, 9.17) is 4.74 Å². The van der Waals surface area contributed by atoms with Gasteiger partial charge in [0.1, 0.15) is 11.8 Å². The minimum Gasteiger partial charge on any atom is -0.494 e. The molecule has 1 aromatic carbocycles. The van der Waals surface area contributed by atoms with Crippen LogP contribution in [-0.2, 0) is 4.79 Å². The van der Waals surface area contributed by atoms with Gasteiger partial charge in [0.25, 0.3) is 5.91 Å². The number of carbonyl (C=O) groups is 2. The van der Waals surface area contributed by atoms with Crippen molar-refractivity contribution >= 4 is 11.8 Å². The fraction of sp³-hybridized carbons (Fsp3) is 0.619. The van der Waals surface area contributed by atoms with Crippen molar-refractivity contribution in [3.8, 4) is 5.75 Å². The van der Waals surface area contributed by atoms with Gasteiger partial charge < -0.3 is 20.3 Å². The molecule has 2 aliphatic rings. The quantitative estimate of drug-likeness (QED) is 0.802. The molecule has 148 valence electrons. The Morgan fingerprint density at radius 1 is 1.19 bits per heavy atom. The highest BCUT2D eigenvalue weighted by Crippen LogP contribution is 2.22. The van der Waals surface area contributed by atoms with Gasteiger partial charge in [0, 0.05) is 30.7 Å². The Morgan fingerprint density at radius 2 is 1.89 bits per heavy atom. The van der Waals surface area contributed by atoms with Crippen LogP contribution in [0.4, 0.5) is 0 Å². The van der Waals surface area contributed by atoms with Gasteiger partial charge in [-0.3, -0.25) is 9.59 Å². The van der Waals surface area contributed by atoms with Crippen molar-refractivity contribution < 1.29 is 14.3 Å². The standard InChI is InChI=1S/C21H31N3O3/c1-4-27-18-9-5-15(6-10-18)20(25)23-19(14(2)3)21(26)24-12-11-16-7-8-17(13-24)22-16/h5-6,9-10,14,16-17,19,22H,4,7-8,11-13H2,1-3H3,(H,23,25). The van der Waals surface area contributed by atoms with Gasteiger partial charge in [-0.2, -0.15) is 0 Å². The summed E-state index contributed by atoms with van der Waals surface area (Å²) < 4.78 is 5.42. The highest BCUT2D eigenvalue weighted by Gasteiger charge is 2.35. The van der Waals surface area contributed by atoms with Crippen molar-refractivity contribution in [2.75, 3.05) is 19.7 Å². The second-order valence-electron chi connectivity index (χ2n) is 7.86. The number of nitrogens with zero attached hydrogens (tertiary/aromatic N) is 1. The molecule has 2 amide bonds. The summed E-state index contributed by atoms with van der Waals surface area (Å²) in [6.45, 7) is 7.95. The topological polar surface area (TPSA) is 70.7 Å². The van der Waals surface area contributed by atoms with E-state index < -0.39 is 6.04 Å². The van der Waals surface area contributed by atoms with E-state index in [1.807, 2.05) is 25.7 Å². The molecule has 2 fully saturated rings. The fourth-order valence-corrected chi connectivity index (χ4v) is 3.95. The Morgan fingerprint density at radius 3 is 2.56 bits per heavy atom. The van der Waals surface area contributed by atoms with Gasteiger partial charge in [0.15, 0.2) is 0 Å². The van der Waals surface area contributed by atoms with Crippen molar-refractivity contribution in [1.82, 2.24) is 15.5 Å². The minimum absolute atomic E-state index is 0.0255. The maximum absolute atomic E-state index is 13.1. The number of likely N-dealkylation sites (tertiary alicyclic amines) is 1. The molecule has 0 spiro atoms. The zero-order chi connectivity index (χ0) is 19.4. The van der Waals surface area contributed by atoms with Gasteiger partial charge in [-0.25, -0.2) is 0 Å². The number of rotatable bonds is 6. The summed E-state index contributed by atoms with van der Waals surface area (Å²) >= 11 is 0. The van der Waals surface area contributed by atoms with Gasteiger partial charge >= 0.3 is 0 Å². The van der Waals surface area contributed by atoms with E-state index in [-0.39, 0.29) is 17.7 Å². The lowest BCUT2D eigenvalue weighted by Crippen LogP contribution is -2.53. The number of fused-ring (bicyclic) bond motifs is 2. The molecule has 2 aliphatic heterocycles. The highest BCUT2D eigenvalue weighted by molar-refractivity contribution is 5.97. The molecule has 2 saturated heterocycles. The third-order valence-electron chi connectivity index (χ3n) is 5.48. The molecule has 0 aliphatic carbocycles. The minimum atomic E-state index is -0.513. The van der Waals surface area contributed by atoms with Crippen LogP contribution in [0.2, 0.25) is 0 Å². The molecule has 3 atom stereocenters. The van der Waals surface area contributed by atoms with E-state index >= 15 is 0 Å². The first kappa shape index (κ1) is 19.7. The van der Waals surface area contributed by atoms with E-state index in [0.29, 0.717) is 24.3 Å². The molecule has 3 unspecified atom stereocenters. The van der Waals surface area contributed by atoms with Gasteiger partial charge in [-0.05, 0) is 56.4 Å². The summed E-state index contributed by atoms with van der Waals surface area (Å²) in [5, 5.41) is 6.55. The van der Waals surface area contributed by atoms with Crippen molar-refractivity contribution in [2.24, 2.45) is 5.92 Å². The van der Waals surface area contributed by atoms with Crippen LogP contribution in [0.25, 0.3) is 0 Å². The number of nitrogens with one attached hydrogen (secondary N) is 2. The summed E-state index contributed by atoms with van der Waals surface area (Å²) in [6.07, 6.45) is 3.31. The number of hydrogen-bond donors (Lipinski definition) is 2. The van der Waals surface area contributed by atoms with E-state index in [1.54, 1.807) is 24.3 Å². The largest absolute Gasteiger partial charge is 0.494 e. The second kappa shape index (κ2) is 8.74. The lowest BCUT2D eigenvalue weighted by Gasteiger charge is -2.30. The van der Waals surface area contributed by atoms with Crippen LogP contribution in [-0.4, -0.2) is 54.5 Å². The van der Waals surface area contributed by atoms with Gasteiger partial charge in [-0.1, -0.05) is 13.8 Å². The number of benzene rings is 1. The maximum atomic E-state index is 13.1. The normalized spacial score (nSPS) is 23.0. The Bertz CT molecular complexity index is 659. The van der Waals surface area contributed by atoms with Gasteiger partial charge in [0.2, 0.25) is 5.91 Å². The molecule has 3 rings (SSSR count). The molecule has 6 heteroatoms. The maximum Gasteiger partial charge on any atom is 0.251 e. The average Bonchev–Trinajstić information content (AvgIpc) is 2.98. The first-order chi connectivity index (χ1) is 13.0. The summed E-state index contributed by atoms with van der Waals surface area (Å²) in [5.74, 6) is 0.563. The van der Waals surface area contributed by atoms with Crippen LogP contribution in [0, 0.1) is 5.92 Å². The third-order valence-corrected chi connectivity index (χ3v) is 5.48. The van der Waals surface area contributed by atoms with Gasteiger partial charge in [-0.15, -0.1) is 0 Å². The zero-order valence-corrected chi connectivity index (χ0v) is 16.5. The smallest absolute Gasteiger partial charge is 0.251 e. The second-order valence-corrected chi connectivity index (χ2v) is 7.86. The molecule has 2 bridgehead atoms. The predicted octanol–water partition coefficient (Wildman–Crippen LogP) is 2.19. The molecular weight excluding hydrogens is 342 g/mol. The first-order valence-corrected chi connectivity index (χ1v) is 10.1. The van der Waals surface area contributed by atoms with E-state index in [0.717, 1.165) is 31.7 Å². The summed E-state index contributed by atoms with van der Waals surface area (Å²) in [4.78, 5) is 27.7. The van der Waals surface area contributed by atoms with Crippen LogP contribution in [0.5, 0.6) is 5.75 Å². The van der Waals surface area contributed by atoms with E-state index in [9.17, 15) is 9.59 Å². The molecule has 0 aromatic heterocycles. The number of carbonyl (C=O) groups excluding carboxylic acids is 2. The fourth-order valence-electron chi connectivity index (χ4n) is 3.95. The Labute approximate surface area is 161 Å². The van der Waals surface area contributed by atoms with Gasteiger partial charge in [0.05, 0.1) is 6.61 Å². The van der Waals surface area contributed by atoms with Crippen LogP contribution in [0.15, 0.2) is 24.3 Å². The van der Waals surface area contributed by atoms with Crippen molar-refractivity contribution in [2.45, 2.75) is 58.2 Å². The lowest BCUT2D eigenvalue weighted by molar-refractivity contribution is -0.134. The summed E-state index contributed by atoms with van der Waals surface area (Å²) in [6, 6.07) is 7.43. The molecule has 6 nitrogen and oxygen atoms in total. The number of ether oxygens (including phenoxy) is 1. The molecule has 1 aromatic rings. The SMILES string of the molecule is CCOc1ccc(C(=O)NC(C(=O)N2CCC3CCC(C2)N3)C(C)C)cc1. The van der Waals surface area contributed by atoms with Crippen LogP contribution in [0.3, 0.4) is 0 Å². The van der Waals surface area contributed by atoms with E-state index in [1.165, 1.54) is 6.42 Å². The third kappa shape index (κ3) is 4.80. The average molecular weight is 373 g/mol. The summed E-state index contributed by atoms with van der Waals surface area (Å²) in [5.41, 5.74) is 0.536.